The molecule has 118 valence electrons. The van der Waals surface area contributed by atoms with Crippen molar-refractivity contribution in [3.63, 3.8) is 0 Å². The molecule has 0 amide bonds. The predicted octanol–water partition coefficient (Wildman–Crippen LogP) is -0.338. The molecule has 0 unspecified atom stereocenters. The molecule has 1 fully saturated rings. The predicted molar refractivity (Wildman–Crippen MR) is 72.9 cm³/mol. The topological polar surface area (TPSA) is 120 Å². The summed E-state index contributed by atoms with van der Waals surface area (Å²) in [6.45, 7) is 1.09. The molecular weight excluding hydrogens is 316 g/mol. The Hall–Kier alpha value is -1.81. The van der Waals surface area contributed by atoms with E-state index < -0.39 is 30.5 Å². The number of halogens is 1. The van der Waals surface area contributed by atoms with Crippen LogP contribution in [0.15, 0.2) is 12.5 Å². The van der Waals surface area contributed by atoms with E-state index in [1.165, 1.54) is 24.0 Å². The number of ether oxygens (including phenoxy) is 2. The van der Waals surface area contributed by atoms with Crippen LogP contribution < -0.4 is 0 Å². The number of fused-ring (bicyclic) bond motifs is 1. The lowest BCUT2D eigenvalue weighted by Crippen LogP contribution is -2.34. The minimum atomic E-state index is -1.23. The summed E-state index contributed by atoms with van der Waals surface area (Å²) in [5.41, 5.74) is 0.836. The number of nitrogens with zero attached hydrogens (tertiary/aromatic N) is 4. The zero-order valence-corrected chi connectivity index (χ0v) is 12.2. The Bertz CT molecular complexity index is 708. The highest BCUT2D eigenvalue weighted by molar-refractivity contribution is 6.28. The summed E-state index contributed by atoms with van der Waals surface area (Å²) >= 11 is 5.76. The van der Waals surface area contributed by atoms with E-state index >= 15 is 0 Å². The highest BCUT2D eigenvalue weighted by atomic mass is 35.5. The molecule has 0 radical (unpaired) electrons. The van der Waals surface area contributed by atoms with E-state index in [9.17, 15) is 15.0 Å². The van der Waals surface area contributed by atoms with Gasteiger partial charge >= 0.3 is 5.97 Å². The van der Waals surface area contributed by atoms with Gasteiger partial charge in [0.25, 0.3) is 0 Å². The van der Waals surface area contributed by atoms with Crippen LogP contribution in [0, 0.1) is 0 Å². The maximum Gasteiger partial charge on any atom is 0.302 e. The molecule has 2 aromatic heterocycles. The van der Waals surface area contributed by atoms with E-state index in [-0.39, 0.29) is 11.9 Å². The van der Waals surface area contributed by atoms with Gasteiger partial charge in [0.05, 0.1) is 12.5 Å². The van der Waals surface area contributed by atoms with Gasteiger partial charge in [-0.1, -0.05) is 0 Å². The molecule has 10 heteroatoms. The second kappa shape index (κ2) is 5.76. The van der Waals surface area contributed by atoms with Crippen LogP contribution in [0.2, 0.25) is 5.28 Å². The molecule has 0 aliphatic carbocycles. The number of aliphatic hydroxyl groups excluding tert-OH is 2. The normalized spacial score (nSPS) is 28.2. The fourth-order valence-corrected chi connectivity index (χ4v) is 2.42. The quantitative estimate of drug-likeness (QED) is 0.580. The van der Waals surface area contributed by atoms with E-state index in [0.717, 1.165) is 0 Å². The second-order valence-corrected chi connectivity index (χ2v) is 5.19. The molecule has 4 atom stereocenters. The van der Waals surface area contributed by atoms with Crippen LogP contribution in [0.3, 0.4) is 0 Å². The standard InChI is InChI=1S/C12H13ClN4O5/c1-5(18)21-3-7-8(19)9(20)11(22-7)17-4-15-6-2-14-12(13)16-10(6)17/h2,4,7-9,11,19-20H,3H2,1H3/t7-,8+,9-,11-/m1/s1. The maximum absolute atomic E-state index is 10.8. The van der Waals surface area contributed by atoms with Crippen molar-refractivity contribution in [2.75, 3.05) is 6.61 Å². The monoisotopic (exact) mass is 328 g/mol. The molecule has 22 heavy (non-hydrogen) atoms. The molecule has 1 aliphatic rings. The Morgan fingerprint density at radius 3 is 2.95 bits per heavy atom. The average molecular weight is 329 g/mol. The third kappa shape index (κ3) is 2.63. The molecule has 1 aliphatic heterocycles. The van der Waals surface area contributed by atoms with Gasteiger partial charge in [0.1, 0.15) is 30.4 Å². The van der Waals surface area contributed by atoms with Crippen LogP contribution in [0.1, 0.15) is 13.2 Å². The van der Waals surface area contributed by atoms with E-state index in [2.05, 4.69) is 15.0 Å². The van der Waals surface area contributed by atoms with Crippen LogP contribution in [-0.2, 0) is 14.3 Å². The van der Waals surface area contributed by atoms with Crippen LogP contribution in [0.4, 0.5) is 0 Å². The van der Waals surface area contributed by atoms with Gasteiger partial charge < -0.3 is 19.7 Å². The zero-order valence-electron chi connectivity index (χ0n) is 11.5. The van der Waals surface area contributed by atoms with E-state index in [1.54, 1.807) is 0 Å². The van der Waals surface area contributed by atoms with Gasteiger partial charge in [-0.2, -0.15) is 4.98 Å². The van der Waals surface area contributed by atoms with Crippen LogP contribution in [-0.4, -0.2) is 60.6 Å². The van der Waals surface area contributed by atoms with Crippen LogP contribution in [0.5, 0.6) is 0 Å². The zero-order chi connectivity index (χ0) is 15.9. The third-order valence-corrected chi connectivity index (χ3v) is 3.53. The van der Waals surface area contributed by atoms with E-state index in [4.69, 9.17) is 21.1 Å². The Morgan fingerprint density at radius 1 is 1.45 bits per heavy atom. The van der Waals surface area contributed by atoms with Crippen molar-refractivity contribution in [2.24, 2.45) is 0 Å². The van der Waals surface area contributed by atoms with Gasteiger partial charge in [0.15, 0.2) is 11.9 Å². The van der Waals surface area contributed by atoms with Crippen molar-refractivity contribution in [1.29, 1.82) is 0 Å². The number of imidazole rings is 1. The highest BCUT2D eigenvalue weighted by Gasteiger charge is 2.44. The minimum absolute atomic E-state index is 0.0266. The summed E-state index contributed by atoms with van der Waals surface area (Å²) in [7, 11) is 0. The van der Waals surface area contributed by atoms with E-state index in [1.807, 2.05) is 0 Å². The van der Waals surface area contributed by atoms with E-state index in [0.29, 0.717) is 11.2 Å². The van der Waals surface area contributed by atoms with Crippen LogP contribution in [0.25, 0.3) is 11.2 Å². The summed E-state index contributed by atoms with van der Waals surface area (Å²) in [6, 6.07) is 0. The van der Waals surface area contributed by atoms with Crippen molar-refractivity contribution in [3.8, 4) is 0 Å². The van der Waals surface area contributed by atoms with Crippen molar-refractivity contribution in [3.05, 3.63) is 17.8 Å². The number of hydrogen-bond donors (Lipinski definition) is 2. The number of rotatable bonds is 3. The fraction of sp³-hybridized carbons (Fsp3) is 0.500. The lowest BCUT2D eigenvalue weighted by Gasteiger charge is -2.16. The Kier molecular flexibility index (Phi) is 3.96. The Labute approximate surface area is 129 Å². The molecule has 9 nitrogen and oxygen atoms in total. The number of carbonyl (C=O) groups is 1. The number of hydrogen-bond acceptors (Lipinski definition) is 8. The molecule has 3 heterocycles. The maximum atomic E-state index is 10.8. The summed E-state index contributed by atoms with van der Waals surface area (Å²) in [5.74, 6) is -0.499. The number of aromatic nitrogens is 4. The van der Waals surface area contributed by atoms with Gasteiger partial charge in [-0.25, -0.2) is 9.97 Å². The lowest BCUT2D eigenvalue weighted by atomic mass is 10.1. The minimum Gasteiger partial charge on any atom is -0.463 e. The first kappa shape index (κ1) is 15.1. The van der Waals surface area contributed by atoms with Crippen LogP contribution >= 0.6 is 11.6 Å². The molecule has 2 N–H and O–H groups in total. The van der Waals surface area contributed by atoms with Gasteiger partial charge in [0.2, 0.25) is 5.28 Å². The van der Waals surface area contributed by atoms with Gasteiger partial charge in [-0.05, 0) is 11.6 Å². The largest absolute Gasteiger partial charge is 0.463 e. The first-order chi connectivity index (χ1) is 10.5. The smallest absolute Gasteiger partial charge is 0.302 e. The average Bonchev–Trinajstić information content (AvgIpc) is 3.00. The molecule has 0 saturated carbocycles. The molecule has 2 aromatic rings. The summed E-state index contributed by atoms with van der Waals surface area (Å²) in [5, 5.41) is 20.2. The number of carbonyl (C=O) groups excluding carboxylic acids is 1. The molecular formula is C12H13ClN4O5. The number of aliphatic hydroxyl groups is 2. The lowest BCUT2D eigenvalue weighted by molar-refractivity contribution is -0.147. The summed E-state index contributed by atoms with van der Waals surface area (Å²) in [4.78, 5) is 22.8. The first-order valence-corrected chi connectivity index (χ1v) is 6.85. The second-order valence-electron chi connectivity index (χ2n) is 4.85. The molecule has 3 rings (SSSR count). The van der Waals surface area contributed by atoms with Crippen molar-refractivity contribution in [1.82, 2.24) is 19.5 Å². The first-order valence-electron chi connectivity index (χ1n) is 6.47. The molecule has 1 saturated heterocycles. The van der Waals surface area contributed by atoms with Crippen molar-refractivity contribution in [2.45, 2.75) is 31.5 Å². The highest BCUT2D eigenvalue weighted by Crippen LogP contribution is 2.31. The molecule has 0 spiro atoms. The van der Waals surface area contributed by atoms with Crippen molar-refractivity contribution < 1.29 is 24.5 Å². The number of esters is 1. The Balaban J connectivity index is 1.87. The van der Waals surface area contributed by atoms with Gasteiger partial charge in [-0.15, -0.1) is 0 Å². The molecule has 0 aromatic carbocycles. The molecule has 0 bridgehead atoms. The van der Waals surface area contributed by atoms with Gasteiger partial charge in [0, 0.05) is 6.92 Å². The Morgan fingerprint density at radius 2 is 2.23 bits per heavy atom. The summed E-state index contributed by atoms with van der Waals surface area (Å²) in [6.07, 6.45) is -1.37. The summed E-state index contributed by atoms with van der Waals surface area (Å²) < 4.78 is 11.8. The fourth-order valence-electron chi connectivity index (χ4n) is 2.29. The third-order valence-electron chi connectivity index (χ3n) is 3.35. The SMILES string of the molecule is CC(=O)OC[C@H]1O[C@@H](n2cnc3cnc(Cl)nc32)[C@H](O)[C@H]1O. The van der Waals surface area contributed by atoms with Gasteiger partial charge in [-0.3, -0.25) is 9.36 Å². The van der Waals surface area contributed by atoms with Crippen molar-refractivity contribution >= 4 is 28.7 Å².